The van der Waals surface area contributed by atoms with Gasteiger partial charge in [-0.25, -0.2) is 4.98 Å². The van der Waals surface area contributed by atoms with Crippen LogP contribution in [0.2, 0.25) is 0 Å². The first kappa shape index (κ1) is 11.1. The van der Waals surface area contributed by atoms with Gasteiger partial charge in [0, 0.05) is 6.20 Å². The molecule has 0 aliphatic carbocycles. The molecule has 0 radical (unpaired) electrons. The zero-order valence-electron chi connectivity index (χ0n) is 8.12. The van der Waals surface area contributed by atoms with E-state index in [1.165, 1.54) is 0 Å². The lowest BCUT2D eigenvalue weighted by Gasteiger charge is -2.10. The lowest BCUT2D eigenvalue weighted by molar-refractivity contribution is -0.116. The molecule has 0 saturated carbocycles. The minimum atomic E-state index is -0.0746. The lowest BCUT2D eigenvalue weighted by Crippen LogP contribution is -2.27. The molecule has 0 fully saturated rings. The summed E-state index contributed by atoms with van der Waals surface area (Å²) in [4.78, 5) is 17.2. The summed E-state index contributed by atoms with van der Waals surface area (Å²) in [7, 11) is 3.68. The summed E-state index contributed by atoms with van der Waals surface area (Å²) in [6, 6.07) is 3.63. The minimum Gasteiger partial charge on any atom is -0.309 e. The molecule has 1 heterocycles. The highest BCUT2D eigenvalue weighted by atomic mass is 79.9. The smallest absolute Gasteiger partial charge is 0.239 e. The molecule has 0 aliphatic heterocycles. The molecule has 76 valence electrons. The van der Waals surface area contributed by atoms with Crippen molar-refractivity contribution in [2.45, 2.75) is 0 Å². The fraction of sp³-hybridized carbons (Fsp3) is 0.333. The van der Waals surface area contributed by atoms with Gasteiger partial charge in [0.2, 0.25) is 5.91 Å². The number of amides is 1. The summed E-state index contributed by atoms with van der Waals surface area (Å²) in [6.45, 7) is 0.350. The molecule has 0 aliphatic rings. The molecule has 0 aromatic carbocycles. The first-order valence-electron chi connectivity index (χ1n) is 4.14. The Balaban J connectivity index is 2.61. The summed E-state index contributed by atoms with van der Waals surface area (Å²) in [5.74, 6) is 0.480. The number of likely N-dealkylation sites (N-methyl/N-ethyl adjacent to an activating group) is 1. The molecule has 1 rings (SSSR count). The van der Waals surface area contributed by atoms with Crippen LogP contribution in [0.15, 0.2) is 22.8 Å². The van der Waals surface area contributed by atoms with Gasteiger partial charge in [-0.3, -0.25) is 4.79 Å². The van der Waals surface area contributed by atoms with Crippen molar-refractivity contribution in [2.24, 2.45) is 0 Å². The van der Waals surface area contributed by atoms with Gasteiger partial charge in [-0.05, 0) is 42.2 Å². The van der Waals surface area contributed by atoms with Crippen LogP contribution in [0.25, 0.3) is 0 Å². The van der Waals surface area contributed by atoms with Crippen LogP contribution in [0, 0.1) is 0 Å². The van der Waals surface area contributed by atoms with Crippen LogP contribution in [0.1, 0.15) is 0 Å². The molecule has 1 amide bonds. The van der Waals surface area contributed by atoms with Crippen LogP contribution in [-0.4, -0.2) is 36.4 Å². The molecule has 1 aromatic heterocycles. The molecule has 0 unspecified atom stereocenters. The summed E-state index contributed by atoms with van der Waals surface area (Å²) in [6.07, 6.45) is 1.63. The van der Waals surface area contributed by atoms with Gasteiger partial charge >= 0.3 is 0 Å². The van der Waals surface area contributed by atoms with Gasteiger partial charge in [-0.1, -0.05) is 0 Å². The first-order valence-corrected chi connectivity index (χ1v) is 4.94. The van der Waals surface area contributed by atoms with E-state index in [-0.39, 0.29) is 5.91 Å². The van der Waals surface area contributed by atoms with Gasteiger partial charge in [-0.2, -0.15) is 0 Å². The molecular formula is C9H12BrN3O. The Morgan fingerprint density at radius 3 is 2.93 bits per heavy atom. The van der Waals surface area contributed by atoms with Crippen molar-refractivity contribution < 1.29 is 4.79 Å². The average molecular weight is 258 g/mol. The highest BCUT2D eigenvalue weighted by Gasteiger charge is 2.06. The summed E-state index contributed by atoms with van der Waals surface area (Å²) >= 11 is 3.30. The maximum absolute atomic E-state index is 11.4. The van der Waals surface area contributed by atoms with E-state index in [1.54, 1.807) is 17.2 Å². The molecule has 1 N–H and O–H groups in total. The third-order valence-electron chi connectivity index (χ3n) is 1.48. The zero-order chi connectivity index (χ0) is 10.6. The normalized spacial score (nSPS) is 10.3. The van der Waals surface area contributed by atoms with Crippen LogP contribution in [0.4, 0.5) is 5.82 Å². The van der Waals surface area contributed by atoms with E-state index in [9.17, 15) is 4.79 Å². The Bertz CT molecular complexity index is 328. The fourth-order valence-corrected chi connectivity index (χ4v) is 1.29. The largest absolute Gasteiger partial charge is 0.309 e. The third-order valence-corrected chi connectivity index (χ3v) is 2.12. The summed E-state index contributed by atoms with van der Waals surface area (Å²) in [5, 5.41) is 2.70. The number of nitrogens with zero attached hydrogens (tertiary/aromatic N) is 2. The van der Waals surface area contributed by atoms with Gasteiger partial charge < -0.3 is 10.2 Å². The number of halogens is 1. The van der Waals surface area contributed by atoms with Crippen molar-refractivity contribution in [1.29, 1.82) is 0 Å². The maximum Gasteiger partial charge on any atom is 0.239 e. The standard InChI is InChI=1S/C9H12BrN3O/c1-13(2)6-8(14)12-9-7(10)4-3-5-11-9/h3-5H,6H2,1-2H3,(H,11,12,14). The van der Waals surface area contributed by atoms with Crippen molar-refractivity contribution in [3.8, 4) is 0 Å². The van der Waals surface area contributed by atoms with E-state index in [0.717, 1.165) is 4.47 Å². The number of aromatic nitrogens is 1. The Morgan fingerprint density at radius 1 is 1.64 bits per heavy atom. The number of carbonyl (C=O) groups is 1. The number of hydrogen-bond acceptors (Lipinski definition) is 3. The van der Waals surface area contributed by atoms with Crippen molar-refractivity contribution in [3.63, 3.8) is 0 Å². The molecule has 5 heteroatoms. The monoisotopic (exact) mass is 257 g/mol. The number of carbonyl (C=O) groups excluding carboxylic acids is 1. The van der Waals surface area contributed by atoms with E-state index in [2.05, 4.69) is 26.2 Å². The Kier molecular flexibility index (Phi) is 4.03. The lowest BCUT2D eigenvalue weighted by atomic mass is 10.4. The van der Waals surface area contributed by atoms with Crippen molar-refractivity contribution >= 4 is 27.7 Å². The van der Waals surface area contributed by atoms with Crippen LogP contribution in [-0.2, 0) is 4.79 Å². The predicted octanol–water partition coefficient (Wildman–Crippen LogP) is 1.34. The van der Waals surface area contributed by atoms with E-state index in [0.29, 0.717) is 12.4 Å². The highest BCUT2D eigenvalue weighted by Crippen LogP contribution is 2.17. The van der Waals surface area contributed by atoms with Crippen molar-refractivity contribution in [1.82, 2.24) is 9.88 Å². The molecule has 0 saturated heterocycles. The molecule has 0 bridgehead atoms. The van der Waals surface area contributed by atoms with Gasteiger partial charge in [0.15, 0.2) is 0 Å². The van der Waals surface area contributed by atoms with E-state index in [4.69, 9.17) is 0 Å². The number of nitrogens with one attached hydrogen (secondary N) is 1. The summed E-state index contributed by atoms with van der Waals surface area (Å²) in [5.41, 5.74) is 0. The van der Waals surface area contributed by atoms with Crippen molar-refractivity contribution in [2.75, 3.05) is 26.0 Å². The van der Waals surface area contributed by atoms with Crippen molar-refractivity contribution in [3.05, 3.63) is 22.8 Å². The van der Waals surface area contributed by atoms with E-state index >= 15 is 0 Å². The Labute approximate surface area is 91.4 Å². The molecule has 1 aromatic rings. The second kappa shape index (κ2) is 5.07. The van der Waals surface area contributed by atoms with Crippen LogP contribution in [0.3, 0.4) is 0 Å². The SMILES string of the molecule is CN(C)CC(=O)Nc1ncccc1Br. The summed E-state index contributed by atoms with van der Waals surface area (Å²) < 4.78 is 0.784. The number of hydrogen-bond donors (Lipinski definition) is 1. The quantitative estimate of drug-likeness (QED) is 0.889. The van der Waals surface area contributed by atoms with Gasteiger partial charge in [0.25, 0.3) is 0 Å². The predicted molar refractivity (Wildman–Crippen MR) is 59.1 cm³/mol. The minimum absolute atomic E-state index is 0.0746. The van der Waals surface area contributed by atoms with Crippen LogP contribution < -0.4 is 5.32 Å². The van der Waals surface area contributed by atoms with E-state index in [1.807, 2.05) is 20.2 Å². The van der Waals surface area contributed by atoms with Crippen LogP contribution >= 0.6 is 15.9 Å². The first-order chi connectivity index (χ1) is 6.59. The average Bonchev–Trinajstić information content (AvgIpc) is 2.07. The Hall–Kier alpha value is -0.940. The third kappa shape index (κ3) is 3.43. The molecule has 14 heavy (non-hydrogen) atoms. The molecule has 4 nitrogen and oxygen atoms in total. The van der Waals surface area contributed by atoms with E-state index < -0.39 is 0 Å². The van der Waals surface area contributed by atoms with Gasteiger partial charge in [-0.15, -0.1) is 0 Å². The second-order valence-corrected chi connectivity index (χ2v) is 3.97. The fourth-order valence-electron chi connectivity index (χ4n) is 0.936. The molecular weight excluding hydrogens is 246 g/mol. The maximum atomic E-state index is 11.4. The number of anilines is 1. The number of rotatable bonds is 3. The molecule has 0 spiro atoms. The molecule has 0 atom stereocenters. The topological polar surface area (TPSA) is 45.2 Å². The number of pyridine rings is 1. The van der Waals surface area contributed by atoms with Crippen LogP contribution in [0.5, 0.6) is 0 Å². The highest BCUT2D eigenvalue weighted by molar-refractivity contribution is 9.10. The second-order valence-electron chi connectivity index (χ2n) is 3.12. The van der Waals surface area contributed by atoms with Gasteiger partial charge in [0.1, 0.15) is 5.82 Å². The van der Waals surface area contributed by atoms with Gasteiger partial charge in [0.05, 0.1) is 11.0 Å². The Morgan fingerprint density at radius 2 is 2.36 bits per heavy atom. The zero-order valence-corrected chi connectivity index (χ0v) is 9.71.